The molecule has 3 aromatic carbocycles. The molecule has 0 spiro atoms. The molecule has 0 saturated heterocycles. The van der Waals surface area contributed by atoms with E-state index in [4.69, 9.17) is 21.1 Å². The first kappa shape index (κ1) is 25.5. The van der Waals surface area contributed by atoms with Crippen LogP contribution in [0.4, 0.5) is 17.1 Å². The Bertz CT molecular complexity index is 1400. The maximum absolute atomic E-state index is 13.1. The maximum atomic E-state index is 13.1. The highest BCUT2D eigenvalue weighted by atomic mass is 35.5. The molecular weight excluding hydrogens is 498 g/mol. The highest BCUT2D eigenvalue weighted by Gasteiger charge is 2.39. The minimum Gasteiger partial charge on any atom is -0.497 e. The second kappa shape index (κ2) is 11.0. The zero-order chi connectivity index (χ0) is 26.5. The van der Waals surface area contributed by atoms with E-state index in [9.17, 15) is 19.2 Å². The van der Waals surface area contributed by atoms with Gasteiger partial charge in [0.2, 0.25) is 0 Å². The number of anilines is 3. The molecule has 1 aliphatic heterocycles. The molecule has 10 heteroatoms. The van der Waals surface area contributed by atoms with E-state index in [0.717, 1.165) is 4.90 Å². The summed E-state index contributed by atoms with van der Waals surface area (Å²) in [6.07, 6.45) is 0. The lowest BCUT2D eigenvalue weighted by atomic mass is 10.1. The number of carbonyl (C=O) groups is 4. The van der Waals surface area contributed by atoms with Crippen LogP contribution in [0, 0.1) is 0 Å². The number of imide groups is 1. The first-order valence-corrected chi connectivity index (χ1v) is 11.6. The average Bonchev–Trinajstić information content (AvgIpc) is 3.12. The van der Waals surface area contributed by atoms with Crippen LogP contribution in [-0.2, 0) is 14.3 Å². The van der Waals surface area contributed by atoms with Crippen molar-refractivity contribution in [1.29, 1.82) is 0 Å². The number of hydrogen-bond donors (Lipinski definition) is 2. The van der Waals surface area contributed by atoms with Gasteiger partial charge in [0.15, 0.2) is 0 Å². The summed E-state index contributed by atoms with van der Waals surface area (Å²) in [4.78, 5) is 51.3. The molecule has 2 N–H and O–H groups in total. The predicted octanol–water partition coefficient (Wildman–Crippen LogP) is 4.56. The molecule has 3 amide bonds. The van der Waals surface area contributed by atoms with E-state index in [2.05, 4.69) is 10.6 Å². The van der Waals surface area contributed by atoms with Gasteiger partial charge in [-0.15, -0.1) is 0 Å². The maximum Gasteiger partial charge on any atom is 0.338 e. The van der Waals surface area contributed by atoms with Crippen LogP contribution in [0.2, 0.25) is 0 Å². The molecule has 0 atom stereocenters. The van der Waals surface area contributed by atoms with Gasteiger partial charge in [-0.05, 0) is 73.7 Å². The van der Waals surface area contributed by atoms with Crippen molar-refractivity contribution in [2.75, 3.05) is 29.3 Å². The van der Waals surface area contributed by atoms with Gasteiger partial charge in [0.1, 0.15) is 16.5 Å². The van der Waals surface area contributed by atoms with E-state index in [1.807, 2.05) is 0 Å². The summed E-state index contributed by atoms with van der Waals surface area (Å²) in [7, 11) is 1.56. The van der Waals surface area contributed by atoms with Crippen molar-refractivity contribution in [2.45, 2.75) is 6.92 Å². The summed E-state index contributed by atoms with van der Waals surface area (Å²) >= 11 is 6.20. The zero-order valence-electron chi connectivity index (χ0n) is 19.9. The van der Waals surface area contributed by atoms with Crippen LogP contribution in [0.15, 0.2) is 83.5 Å². The second-order valence-corrected chi connectivity index (χ2v) is 8.17. The van der Waals surface area contributed by atoms with Gasteiger partial charge in [-0.25, -0.2) is 9.69 Å². The Hall–Kier alpha value is -4.63. The number of hydrogen-bond acceptors (Lipinski definition) is 7. The van der Waals surface area contributed by atoms with Gasteiger partial charge in [0.25, 0.3) is 17.7 Å². The highest BCUT2D eigenvalue weighted by Crippen LogP contribution is 2.31. The topological polar surface area (TPSA) is 114 Å². The van der Waals surface area contributed by atoms with E-state index >= 15 is 0 Å². The molecule has 1 heterocycles. The number of nitrogens with one attached hydrogen (secondary N) is 2. The minimum absolute atomic E-state index is 0.122. The Morgan fingerprint density at radius 2 is 1.57 bits per heavy atom. The number of rotatable bonds is 8. The van der Waals surface area contributed by atoms with Gasteiger partial charge >= 0.3 is 5.97 Å². The third kappa shape index (κ3) is 5.46. The third-order valence-electron chi connectivity index (χ3n) is 5.41. The van der Waals surface area contributed by atoms with Crippen LogP contribution in [0.25, 0.3) is 0 Å². The number of ether oxygens (including phenoxy) is 2. The quantitative estimate of drug-likeness (QED) is 0.331. The Morgan fingerprint density at radius 3 is 2.22 bits per heavy atom. The minimum atomic E-state index is -0.731. The molecule has 0 unspecified atom stereocenters. The molecule has 0 bridgehead atoms. The summed E-state index contributed by atoms with van der Waals surface area (Å²) in [5.74, 6) is -1.64. The molecule has 0 saturated carbocycles. The Labute approximate surface area is 217 Å². The fraction of sp³-hybridized carbons (Fsp3) is 0.111. The van der Waals surface area contributed by atoms with Gasteiger partial charge in [-0.3, -0.25) is 14.4 Å². The molecule has 3 aromatic rings. The van der Waals surface area contributed by atoms with E-state index in [-0.39, 0.29) is 34.5 Å². The van der Waals surface area contributed by atoms with Gasteiger partial charge in [0.05, 0.1) is 25.0 Å². The number of amides is 3. The number of benzene rings is 3. The number of methoxy groups -OCH3 is 1. The molecule has 0 radical (unpaired) electrons. The first-order chi connectivity index (χ1) is 17.8. The normalized spacial score (nSPS) is 13.0. The lowest BCUT2D eigenvalue weighted by Gasteiger charge is -2.16. The van der Waals surface area contributed by atoms with Crippen LogP contribution >= 0.6 is 11.6 Å². The number of halogens is 1. The monoisotopic (exact) mass is 519 g/mol. The molecule has 37 heavy (non-hydrogen) atoms. The SMILES string of the molecule is CCOC(=O)c1cccc(N2C(=O)C(Cl)=C(Nc3ccc(C(=O)Nc4ccc(OC)cc4)cc3)C2=O)c1. The molecule has 188 valence electrons. The van der Waals surface area contributed by atoms with Crippen molar-refractivity contribution < 1.29 is 28.7 Å². The molecule has 0 aromatic heterocycles. The van der Waals surface area contributed by atoms with Crippen molar-refractivity contribution in [3.05, 3.63) is 94.7 Å². The smallest absolute Gasteiger partial charge is 0.338 e. The summed E-state index contributed by atoms with van der Waals surface area (Å²) in [6, 6.07) is 19.2. The molecule has 0 fully saturated rings. The summed E-state index contributed by atoms with van der Waals surface area (Å²) < 4.78 is 10.1. The number of esters is 1. The van der Waals surface area contributed by atoms with Gasteiger partial charge in [0, 0.05) is 16.9 Å². The summed E-state index contributed by atoms with van der Waals surface area (Å²) in [6.45, 7) is 1.87. The number of carbonyl (C=O) groups excluding carboxylic acids is 4. The lowest BCUT2D eigenvalue weighted by molar-refractivity contribution is -0.120. The largest absolute Gasteiger partial charge is 0.497 e. The van der Waals surface area contributed by atoms with Crippen LogP contribution in [0.3, 0.4) is 0 Å². The number of nitrogens with zero attached hydrogens (tertiary/aromatic N) is 1. The Morgan fingerprint density at radius 1 is 0.892 bits per heavy atom. The van der Waals surface area contributed by atoms with Gasteiger partial charge in [-0.2, -0.15) is 0 Å². The average molecular weight is 520 g/mol. The van der Waals surface area contributed by atoms with E-state index in [1.54, 1.807) is 62.6 Å². The summed E-state index contributed by atoms with van der Waals surface area (Å²) in [5, 5.41) is 5.34. The molecule has 0 aliphatic carbocycles. The van der Waals surface area contributed by atoms with Crippen molar-refractivity contribution in [3.63, 3.8) is 0 Å². The van der Waals surface area contributed by atoms with Crippen molar-refractivity contribution in [3.8, 4) is 5.75 Å². The van der Waals surface area contributed by atoms with E-state index < -0.39 is 17.8 Å². The lowest BCUT2D eigenvalue weighted by Crippen LogP contribution is -2.32. The molecule has 4 rings (SSSR count). The van der Waals surface area contributed by atoms with Crippen LogP contribution in [0.5, 0.6) is 5.75 Å². The van der Waals surface area contributed by atoms with Crippen LogP contribution in [-0.4, -0.2) is 37.4 Å². The standard InChI is InChI=1S/C27H22ClN3O6/c1-3-37-27(35)17-5-4-6-20(15-17)31-25(33)22(28)23(26(31)34)29-18-9-7-16(8-10-18)24(32)30-19-11-13-21(36-2)14-12-19/h4-15,29H,3H2,1-2H3,(H,30,32). The fourth-order valence-corrected chi connectivity index (χ4v) is 3.77. The molecular formula is C27H22ClN3O6. The Balaban J connectivity index is 1.46. The summed E-state index contributed by atoms with van der Waals surface area (Å²) in [5.41, 5.74) is 1.68. The van der Waals surface area contributed by atoms with Gasteiger partial charge in [-0.1, -0.05) is 17.7 Å². The first-order valence-electron chi connectivity index (χ1n) is 11.2. The van der Waals surface area contributed by atoms with E-state index in [0.29, 0.717) is 22.7 Å². The van der Waals surface area contributed by atoms with Crippen LogP contribution < -0.4 is 20.3 Å². The van der Waals surface area contributed by atoms with Crippen molar-refractivity contribution in [2.24, 2.45) is 0 Å². The zero-order valence-corrected chi connectivity index (χ0v) is 20.7. The van der Waals surface area contributed by atoms with Gasteiger partial charge < -0.3 is 20.1 Å². The highest BCUT2D eigenvalue weighted by molar-refractivity contribution is 6.53. The molecule has 1 aliphatic rings. The van der Waals surface area contributed by atoms with Crippen molar-refractivity contribution >= 4 is 52.4 Å². The van der Waals surface area contributed by atoms with Crippen LogP contribution in [0.1, 0.15) is 27.6 Å². The van der Waals surface area contributed by atoms with Crippen molar-refractivity contribution in [1.82, 2.24) is 0 Å². The van der Waals surface area contributed by atoms with E-state index in [1.165, 1.54) is 24.3 Å². The Kier molecular flexibility index (Phi) is 7.55. The fourth-order valence-electron chi connectivity index (χ4n) is 3.56. The third-order valence-corrected chi connectivity index (χ3v) is 5.76. The molecule has 9 nitrogen and oxygen atoms in total. The second-order valence-electron chi connectivity index (χ2n) is 7.79. The predicted molar refractivity (Wildman–Crippen MR) is 139 cm³/mol.